The fourth-order valence-electron chi connectivity index (χ4n) is 2.38. The van der Waals surface area contributed by atoms with Gasteiger partial charge in [-0.3, -0.25) is 0 Å². The summed E-state index contributed by atoms with van der Waals surface area (Å²) < 4.78 is 41.4. The zero-order valence-corrected chi connectivity index (χ0v) is 11.7. The third-order valence-corrected chi connectivity index (χ3v) is 4.54. The number of hydrogen-bond donors (Lipinski definition) is 1. The predicted octanol–water partition coefficient (Wildman–Crippen LogP) is 3.47. The molecule has 1 heterocycles. The molecule has 1 N–H and O–H groups in total. The van der Waals surface area contributed by atoms with Crippen molar-refractivity contribution >= 4 is 11.3 Å². The fourth-order valence-corrected chi connectivity index (χ4v) is 3.64. The SMILES string of the molecule is COC1CCCc2sc(CCNCC(F)(F)F)cc21. The highest BCUT2D eigenvalue weighted by Crippen LogP contribution is 2.37. The van der Waals surface area contributed by atoms with Crippen molar-refractivity contribution in [1.29, 1.82) is 0 Å². The number of methoxy groups -OCH3 is 1. The van der Waals surface area contributed by atoms with Crippen molar-refractivity contribution in [3.05, 3.63) is 21.4 Å². The number of hydrogen-bond acceptors (Lipinski definition) is 3. The van der Waals surface area contributed by atoms with E-state index in [0.717, 1.165) is 24.1 Å². The third-order valence-electron chi connectivity index (χ3n) is 3.27. The highest BCUT2D eigenvalue weighted by Gasteiger charge is 2.26. The van der Waals surface area contributed by atoms with Gasteiger partial charge in [0.05, 0.1) is 12.6 Å². The van der Waals surface area contributed by atoms with E-state index in [1.54, 1.807) is 18.4 Å². The Labute approximate surface area is 115 Å². The molecule has 1 unspecified atom stereocenters. The van der Waals surface area contributed by atoms with Crippen LogP contribution in [0.2, 0.25) is 0 Å². The average Bonchev–Trinajstić information content (AvgIpc) is 2.76. The van der Waals surface area contributed by atoms with Gasteiger partial charge < -0.3 is 10.1 Å². The van der Waals surface area contributed by atoms with Gasteiger partial charge in [0.1, 0.15) is 0 Å². The molecule has 2 nitrogen and oxygen atoms in total. The predicted molar refractivity (Wildman–Crippen MR) is 69.6 cm³/mol. The minimum absolute atomic E-state index is 0.164. The van der Waals surface area contributed by atoms with Crippen LogP contribution in [0.25, 0.3) is 0 Å². The second-order valence-electron chi connectivity index (χ2n) is 4.75. The van der Waals surface area contributed by atoms with E-state index in [-0.39, 0.29) is 6.10 Å². The van der Waals surface area contributed by atoms with E-state index in [0.29, 0.717) is 13.0 Å². The van der Waals surface area contributed by atoms with Crippen LogP contribution in [0.3, 0.4) is 0 Å². The van der Waals surface area contributed by atoms with Crippen molar-refractivity contribution < 1.29 is 17.9 Å². The first-order valence-electron chi connectivity index (χ1n) is 6.41. The summed E-state index contributed by atoms with van der Waals surface area (Å²) in [6, 6.07) is 2.10. The molecule has 1 aliphatic rings. The Morgan fingerprint density at radius 2 is 2.26 bits per heavy atom. The molecule has 1 aliphatic carbocycles. The summed E-state index contributed by atoms with van der Waals surface area (Å²) in [5.41, 5.74) is 1.24. The molecule has 0 radical (unpaired) electrons. The maximum absolute atomic E-state index is 12.0. The molecule has 0 aromatic carbocycles. The van der Waals surface area contributed by atoms with Crippen LogP contribution in [0.1, 0.15) is 34.3 Å². The number of thiophene rings is 1. The highest BCUT2D eigenvalue weighted by molar-refractivity contribution is 7.12. The number of aryl methyl sites for hydroxylation is 1. The average molecular weight is 293 g/mol. The minimum Gasteiger partial charge on any atom is -0.377 e. The maximum Gasteiger partial charge on any atom is 0.401 e. The van der Waals surface area contributed by atoms with E-state index >= 15 is 0 Å². The van der Waals surface area contributed by atoms with Crippen molar-refractivity contribution in [2.24, 2.45) is 0 Å². The molecule has 0 aliphatic heterocycles. The van der Waals surface area contributed by atoms with Gasteiger partial charge in [0, 0.05) is 23.4 Å². The molecule has 0 bridgehead atoms. The first kappa shape index (κ1) is 14.8. The van der Waals surface area contributed by atoms with Gasteiger partial charge in [-0.1, -0.05) is 0 Å². The smallest absolute Gasteiger partial charge is 0.377 e. The zero-order valence-electron chi connectivity index (χ0n) is 10.8. The van der Waals surface area contributed by atoms with E-state index in [1.807, 2.05) is 0 Å². The summed E-state index contributed by atoms with van der Waals surface area (Å²) in [6.07, 6.45) is -0.100. The number of rotatable bonds is 5. The number of halogens is 3. The Kier molecular flexibility index (Phi) is 4.86. The summed E-state index contributed by atoms with van der Waals surface area (Å²) in [4.78, 5) is 2.48. The van der Waals surface area contributed by atoms with Gasteiger partial charge in [-0.05, 0) is 37.3 Å². The van der Waals surface area contributed by atoms with Crippen LogP contribution < -0.4 is 5.32 Å². The molecule has 0 spiro atoms. The van der Waals surface area contributed by atoms with E-state index < -0.39 is 12.7 Å². The first-order chi connectivity index (χ1) is 8.99. The summed E-state index contributed by atoms with van der Waals surface area (Å²) in [7, 11) is 1.71. The van der Waals surface area contributed by atoms with E-state index in [2.05, 4.69) is 11.4 Å². The summed E-state index contributed by atoms with van der Waals surface area (Å²) in [5.74, 6) is 0. The molecule has 1 aromatic heterocycles. The topological polar surface area (TPSA) is 21.3 Å². The molecule has 1 aromatic rings. The quantitative estimate of drug-likeness (QED) is 0.839. The molecule has 0 saturated heterocycles. The molecule has 19 heavy (non-hydrogen) atoms. The highest BCUT2D eigenvalue weighted by atomic mass is 32.1. The van der Waals surface area contributed by atoms with Crippen LogP contribution in [0.5, 0.6) is 0 Å². The van der Waals surface area contributed by atoms with E-state index in [9.17, 15) is 13.2 Å². The van der Waals surface area contributed by atoms with Crippen molar-refractivity contribution in [3.8, 4) is 0 Å². The van der Waals surface area contributed by atoms with Crippen molar-refractivity contribution in [2.75, 3.05) is 20.2 Å². The van der Waals surface area contributed by atoms with Crippen molar-refractivity contribution in [1.82, 2.24) is 5.32 Å². The maximum atomic E-state index is 12.0. The number of ether oxygens (including phenoxy) is 1. The molecular formula is C13H18F3NOS. The van der Waals surface area contributed by atoms with Crippen LogP contribution in [-0.4, -0.2) is 26.4 Å². The summed E-state index contributed by atoms with van der Waals surface area (Å²) in [6.45, 7) is -0.560. The van der Waals surface area contributed by atoms with Crippen molar-refractivity contribution in [2.45, 2.75) is 38.0 Å². The van der Waals surface area contributed by atoms with Gasteiger partial charge in [-0.2, -0.15) is 13.2 Å². The number of alkyl halides is 3. The van der Waals surface area contributed by atoms with Gasteiger partial charge in [-0.25, -0.2) is 0 Å². The number of fused-ring (bicyclic) bond motifs is 1. The summed E-state index contributed by atoms with van der Waals surface area (Å²) in [5, 5.41) is 2.43. The van der Waals surface area contributed by atoms with Crippen LogP contribution in [0.4, 0.5) is 13.2 Å². The Morgan fingerprint density at radius 1 is 1.47 bits per heavy atom. The van der Waals surface area contributed by atoms with Gasteiger partial charge >= 0.3 is 6.18 Å². The lowest BCUT2D eigenvalue weighted by atomic mass is 9.96. The van der Waals surface area contributed by atoms with Crippen molar-refractivity contribution in [3.63, 3.8) is 0 Å². The molecule has 0 fully saturated rings. The van der Waals surface area contributed by atoms with Crippen LogP contribution >= 0.6 is 11.3 Å². The van der Waals surface area contributed by atoms with E-state index in [1.165, 1.54) is 10.4 Å². The Bertz CT molecular complexity index is 417. The van der Waals surface area contributed by atoms with Gasteiger partial charge in [-0.15, -0.1) is 11.3 Å². The van der Waals surface area contributed by atoms with Gasteiger partial charge in [0.25, 0.3) is 0 Å². The lowest BCUT2D eigenvalue weighted by molar-refractivity contribution is -0.124. The largest absolute Gasteiger partial charge is 0.401 e. The zero-order chi connectivity index (χ0) is 13.9. The Morgan fingerprint density at radius 3 is 2.95 bits per heavy atom. The fraction of sp³-hybridized carbons (Fsp3) is 0.692. The van der Waals surface area contributed by atoms with Crippen LogP contribution in [-0.2, 0) is 17.6 Å². The molecule has 1 atom stereocenters. The Balaban J connectivity index is 1.87. The van der Waals surface area contributed by atoms with Gasteiger partial charge in [0.2, 0.25) is 0 Å². The second-order valence-corrected chi connectivity index (χ2v) is 5.97. The lowest BCUT2D eigenvalue weighted by Crippen LogP contribution is -2.30. The normalized spacial score (nSPS) is 19.5. The molecule has 0 amide bonds. The Hall–Kier alpha value is -0.590. The van der Waals surface area contributed by atoms with E-state index in [4.69, 9.17) is 4.74 Å². The summed E-state index contributed by atoms with van der Waals surface area (Å²) >= 11 is 1.71. The molecule has 108 valence electrons. The second kappa shape index (κ2) is 6.24. The van der Waals surface area contributed by atoms with Crippen LogP contribution in [0.15, 0.2) is 6.07 Å². The minimum atomic E-state index is -4.13. The van der Waals surface area contributed by atoms with Crippen LogP contribution in [0, 0.1) is 0 Å². The lowest BCUT2D eigenvalue weighted by Gasteiger charge is -2.20. The first-order valence-corrected chi connectivity index (χ1v) is 7.23. The monoisotopic (exact) mass is 293 g/mol. The molecule has 6 heteroatoms. The number of nitrogens with one attached hydrogen (secondary N) is 1. The van der Waals surface area contributed by atoms with Gasteiger partial charge in [0.15, 0.2) is 0 Å². The third kappa shape index (κ3) is 4.19. The molecule has 0 saturated carbocycles. The molecular weight excluding hydrogens is 275 g/mol. The standard InChI is InChI=1S/C13H18F3NOS/c1-18-11-3-2-4-12-10(11)7-9(19-12)5-6-17-8-13(14,15)16/h7,11,17H,2-6,8H2,1H3. The molecule has 2 rings (SSSR count).